The van der Waals surface area contributed by atoms with Gasteiger partial charge in [0.05, 0.1) is 12.6 Å². The lowest BCUT2D eigenvalue weighted by Gasteiger charge is -2.38. The van der Waals surface area contributed by atoms with Gasteiger partial charge in [-0.15, -0.1) is 0 Å². The Labute approximate surface area is 195 Å². The number of rotatable bonds is 5. The average molecular weight is 464 g/mol. The van der Waals surface area contributed by atoms with Crippen molar-refractivity contribution in [3.63, 3.8) is 0 Å². The van der Waals surface area contributed by atoms with E-state index in [4.69, 9.17) is 0 Å². The molecule has 0 aromatic carbocycles. The lowest BCUT2D eigenvalue weighted by molar-refractivity contribution is -0.00860. The second kappa shape index (κ2) is 8.56. The van der Waals surface area contributed by atoms with Gasteiger partial charge in [0, 0.05) is 30.5 Å². The van der Waals surface area contributed by atoms with Crippen molar-refractivity contribution in [1.29, 1.82) is 0 Å². The van der Waals surface area contributed by atoms with Crippen molar-refractivity contribution < 1.29 is 9.50 Å². The zero-order chi connectivity index (χ0) is 23.9. The molecule has 176 valence electrons. The number of H-pyrrole nitrogens is 1. The Balaban J connectivity index is 1.47. The molecule has 5 rings (SSSR count). The van der Waals surface area contributed by atoms with E-state index in [1.54, 1.807) is 23.4 Å². The Morgan fingerprint density at radius 2 is 2.03 bits per heavy atom. The van der Waals surface area contributed by atoms with E-state index in [2.05, 4.69) is 54.3 Å². The van der Waals surface area contributed by atoms with Gasteiger partial charge in [-0.2, -0.15) is 10.1 Å². The van der Waals surface area contributed by atoms with E-state index in [1.807, 2.05) is 12.3 Å². The molecule has 11 heteroatoms. The Morgan fingerprint density at radius 3 is 2.76 bits per heavy atom. The fraction of sp³-hybridized carbons (Fsp3) is 0.391. The topological polar surface area (TPSA) is 129 Å². The van der Waals surface area contributed by atoms with Crippen LogP contribution in [-0.4, -0.2) is 65.1 Å². The van der Waals surface area contributed by atoms with Crippen LogP contribution in [0.25, 0.3) is 22.3 Å². The summed E-state index contributed by atoms with van der Waals surface area (Å²) in [7, 11) is 0. The van der Waals surface area contributed by atoms with Gasteiger partial charge in [0.25, 0.3) is 0 Å². The molecule has 5 heterocycles. The molecule has 0 amide bonds. The maximum absolute atomic E-state index is 14.6. The van der Waals surface area contributed by atoms with E-state index < -0.39 is 11.8 Å². The number of fused-ring (bicyclic) bond motifs is 1. The highest BCUT2D eigenvalue weighted by atomic mass is 19.1. The van der Waals surface area contributed by atoms with E-state index in [1.165, 1.54) is 13.3 Å². The van der Waals surface area contributed by atoms with Gasteiger partial charge in [0.15, 0.2) is 11.5 Å². The molecule has 0 unspecified atom stereocenters. The summed E-state index contributed by atoms with van der Waals surface area (Å²) in [6, 6.07) is 3.70. The van der Waals surface area contributed by atoms with Gasteiger partial charge in [-0.05, 0) is 42.3 Å². The molecule has 0 bridgehead atoms. The van der Waals surface area contributed by atoms with Crippen molar-refractivity contribution in [2.75, 3.05) is 23.3 Å². The minimum Gasteiger partial charge on any atom is -0.390 e. The molecule has 4 aromatic rings. The molecule has 0 spiro atoms. The number of aliphatic hydroxyl groups is 1. The van der Waals surface area contributed by atoms with Crippen LogP contribution in [0.15, 0.2) is 37.1 Å². The number of aromatic nitrogens is 7. The number of hydrogen-bond donors (Lipinski definition) is 3. The van der Waals surface area contributed by atoms with Gasteiger partial charge in [-0.1, -0.05) is 13.8 Å². The molecule has 0 aliphatic carbocycles. The maximum Gasteiger partial charge on any atom is 0.227 e. The smallest absolute Gasteiger partial charge is 0.227 e. The number of hydrogen-bond acceptors (Lipinski definition) is 9. The van der Waals surface area contributed by atoms with Crippen LogP contribution in [-0.2, 0) is 0 Å². The van der Waals surface area contributed by atoms with Crippen LogP contribution in [0.4, 0.5) is 22.0 Å². The molecule has 1 saturated heterocycles. The second-order valence-electron chi connectivity index (χ2n) is 9.04. The van der Waals surface area contributed by atoms with Crippen LogP contribution < -0.4 is 10.2 Å². The average Bonchev–Trinajstić information content (AvgIpc) is 3.35. The summed E-state index contributed by atoms with van der Waals surface area (Å²) in [6.07, 6.45) is 6.02. The summed E-state index contributed by atoms with van der Waals surface area (Å²) in [5, 5.41) is 21.8. The first kappa shape index (κ1) is 22.1. The molecular formula is C23H26FN9O. The third kappa shape index (κ3) is 4.14. The van der Waals surface area contributed by atoms with Gasteiger partial charge in [-0.3, -0.25) is 10.1 Å². The van der Waals surface area contributed by atoms with Crippen molar-refractivity contribution in [1.82, 2.24) is 35.1 Å². The number of pyridine rings is 2. The normalized spacial score (nSPS) is 20.8. The molecule has 0 saturated carbocycles. The lowest BCUT2D eigenvalue weighted by atomic mass is 9.94. The first-order valence-corrected chi connectivity index (χ1v) is 11.2. The monoisotopic (exact) mass is 463 g/mol. The van der Waals surface area contributed by atoms with Gasteiger partial charge in [-0.25, -0.2) is 19.3 Å². The standard InChI is InChI=1S/C23H26FN9O/c1-13(2)15-9-27-20(21-28-12-29-32-21)16-10-26-19(8-14(15)16)30-18-4-6-25-22(31-18)33-7-5-17(34)23(3,24)11-33/h4,6,8-10,12-13,17,34H,5,7,11H2,1-3H3,(H,28,29,32)(H,25,26,30,31)/t17-,23+/m1/s1. The van der Waals surface area contributed by atoms with Gasteiger partial charge >= 0.3 is 0 Å². The summed E-state index contributed by atoms with van der Waals surface area (Å²) in [4.78, 5) is 24.0. The second-order valence-corrected chi connectivity index (χ2v) is 9.04. The first-order chi connectivity index (χ1) is 16.3. The third-order valence-corrected chi connectivity index (χ3v) is 6.11. The Hall–Kier alpha value is -3.73. The molecule has 4 aromatic heterocycles. The Bertz CT molecular complexity index is 1310. The summed E-state index contributed by atoms with van der Waals surface area (Å²) in [5.74, 6) is 2.39. The molecule has 2 atom stereocenters. The number of aromatic amines is 1. The van der Waals surface area contributed by atoms with Crippen LogP contribution in [0.1, 0.15) is 38.7 Å². The summed E-state index contributed by atoms with van der Waals surface area (Å²) in [5.41, 5.74) is 0.0519. The number of anilines is 3. The zero-order valence-corrected chi connectivity index (χ0v) is 19.2. The SMILES string of the molecule is CC(C)c1cnc(-c2ncn[nH]2)c2cnc(Nc3ccnc(N4CC[C@@H](O)[C@@](C)(F)C4)n3)cc12. The Kier molecular flexibility index (Phi) is 5.56. The van der Waals surface area contributed by atoms with Crippen molar-refractivity contribution in [2.45, 2.75) is 44.9 Å². The van der Waals surface area contributed by atoms with Crippen molar-refractivity contribution in [3.05, 3.63) is 42.6 Å². The highest BCUT2D eigenvalue weighted by molar-refractivity contribution is 5.96. The van der Waals surface area contributed by atoms with Crippen LogP contribution >= 0.6 is 0 Å². The number of halogens is 1. The van der Waals surface area contributed by atoms with Crippen LogP contribution in [0.2, 0.25) is 0 Å². The highest BCUT2D eigenvalue weighted by Gasteiger charge is 2.39. The lowest BCUT2D eigenvalue weighted by Crippen LogP contribution is -2.52. The molecule has 1 aliphatic heterocycles. The fourth-order valence-corrected chi connectivity index (χ4v) is 4.20. The minimum absolute atomic E-state index is 0.0288. The number of piperidine rings is 1. The minimum atomic E-state index is -1.71. The van der Waals surface area contributed by atoms with Gasteiger partial charge < -0.3 is 15.3 Å². The van der Waals surface area contributed by atoms with Crippen molar-refractivity contribution >= 4 is 28.4 Å². The van der Waals surface area contributed by atoms with Crippen LogP contribution in [0.3, 0.4) is 0 Å². The van der Waals surface area contributed by atoms with E-state index in [0.29, 0.717) is 42.1 Å². The van der Waals surface area contributed by atoms with Crippen LogP contribution in [0, 0.1) is 0 Å². The van der Waals surface area contributed by atoms with E-state index >= 15 is 0 Å². The molecule has 0 radical (unpaired) electrons. The first-order valence-electron chi connectivity index (χ1n) is 11.2. The van der Waals surface area contributed by atoms with E-state index in [0.717, 1.165) is 16.3 Å². The zero-order valence-electron chi connectivity index (χ0n) is 19.2. The van der Waals surface area contributed by atoms with Gasteiger partial charge in [0.2, 0.25) is 5.95 Å². The maximum atomic E-state index is 14.6. The molecular weight excluding hydrogens is 437 g/mol. The number of alkyl halides is 1. The third-order valence-electron chi connectivity index (χ3n) is 6.11. The molecule has 34 heavy (non-hydrogen) atoms. The number of aliphatic hydroxyl groups excluding tert-OH is 1. The fourth-order valence-electron chi connectivity index (χ4n) is 4.20. The summed E-state index contributed by atoms with van der Waals surface area (Å²) >= 11 is 0. The number of nitrogens with one attached hydrogen (secondary N) is 2. The summed E-state index contributed by atoms with van der Waals surface area (Å²) in [6.45, 7) is 6.14. The summed E-state index contributed by atoms with van der Waals surface area (Å²) < 4.78 is 14.6. The van der Waals surface area contributed by atoms with Crippen LogP contribution in [0.5, 0.6) is 0 Å². The molecule has 3 N–H and O–H groups in total. The number of nitrogens with zero attached hydrogens (tertiary/aromatic N) is 7. The van der Waals surface area contributed by atoms with E-state index in [9.17, 15) is 9.50 Å². The van der Waals surface area contributed by atoms with Crippen molar-refractivity contribution in [3.8, 4) is 11.5 Å². The quantitative estimate of drug-likeness (QED) is 0.408. The van der Waals surface area contributed by atoms with Crippen molar-refractivity contribution in [2.24, 2.45) is 0 Å². The predicted octanol–water partition coefficient (Wildman–Crippen LogP) is 3.37. The largest absolute Gasteiger partial charge is 0.390 e. The molecule has 10 nitrogen and oxygen atoms in total. The molecule has 1 aliphatic rings. The molecule has 1 fully saturated rings. The Morgan fingerprint density at radius 1 is 1.18 bits per heavy atom. The van der Waals surface area contributed by atoms with Gasteiger partial charge in [0.1, 0.15) is 23.7 Å². The predicted molar refractivity (Wildman–Crippen MR) is 127 cm³/mol. The van der Waals surface area contributed by atoms with E-state index in [-0.39, 0.29) is 12.5 Å². The highest BCUT2D eigenvalue weighted by Crippen LogP contribution is 2.32.